The highest BCUT2D eigenvalue weighted by molar-refractivity contribution is 7.15. The van der Waals surface area contributed by atoms with E-state index in [0.717, 1.165) is 27.7 Å². The lowest BCUT2D eigenvalue weighted by Gasteiger charge is -2.23. The lowest BCUT2D eigenvalue weighted by atomic mass is 10.0. The quantitative estimate of drug-likeness (QED) is 0.807. The smallest absolute Gasteiger partial charge is 0.193 e. The van der Waals surface area contributed by atoms with E-state index < -0.39 is 0 Å². The Balaban J connectivity index is 1.62. The van der Waals surface area contributed by atoms with Crippen LogP contribution in [0.1, 0.15) is 17.3 Å². The van der Waals surface area contributed by atoms with Crippen LogP contribution in [0.3, 0.4) is 0 Å². The molecule has 108 valence electrons. The van der Waals surface area contributed by atoms with Gasteiger partial charge >= 0.3 is 0 Å². The van der Waals surface area contributed by atoms with Gasteiger partial charge in [0.1, 0.15) is 13.2 Å². The van der Waals surface area contributed by atoms with Gasteiger partial charge in [0.05, 0.1) is 5.69 Å². The fraction of sp³-hybridized carbons (Fsp3) is 0.267. The highest BCUT2D eigenvalue weighted by Crippen LogP contribution is 2.37. The minimum atomic E-state index is -0.161. The molecule has 0 fully saturated rings. The van der Waals surface area contributed by atoms with E-state index in [0.29, 0.717) is 19.6 Å². The normalized spacial score (nSPS) is 15.3. The number of thiazole rings is 1. The largest absolute Gasteiger partial charge is 0.486 e. The highest BCUT2D eigenvalue weighted by Gasteiger charge is 2.20. The number of fused-ring (bicyclic) bond motifs is 2. The van der Waals surface area contributed by atoms with E-state index in [2.05, 4.69) is 4.98 Å². The van der Waals surface area contributed by atoms with Crippen LogP contribution in [0, 0.1) is 0 Å². The molecule has 1 aliphatic heterocycles. The third-order valence-electron chi connectivity index (χ3n) is 3.57. The Morgan fingerprint density at radius 2 is 2.24 bits per heavy atom. The molecule has 0 saturated carbocycles. The molecule has 5 nitrogen and oxygen atoms in total. The van der Waals surface area contributed by atoms with Crippen molar-refractivity contribution in [2.75, 3.05) is 13.2 Å². The molecule has 1 unspecified atom stereocenters. The molecule has 2 N–H and O–H groups in total. The van der Waals surface area contributed by atoms with Crippen LogP contribution in [-0.4, -0.2) is 22.6 Å². The first-order valence-electron chi connectivity index (χ1n) is 6.86. The summed E-state index contributed by atoms with van der Waals surface area (Å²) in [5.41, 5.74) is 8.33. The Bertz CT molecular complexity index is 752. The lowest BCUT2D eigenvalue weighted by molar-refractivity contribution is 0.169. The standard InChI is InChI=1S/C15H15N3O2S/c16-12(8-10-9-18-4-7-21-15(18)17-10)11-2-1-3-13-14(11)20-6-5-19-13/h1-4,7,9,12H,5-6,8,16H2. The molecule has 3 aromatic rings. The average Bonchev–Trinajstić information content (AvgIpc) is 3.07. The summed E-state index contributed by atoms with van der Waals surface area (Å²) in [5.74, 6) is 1.55. The molecule has 0 spiro atoms. The van der Waals surface area contributed by atoms with Crippen molar-refractivity contribution in [3.63, 3.8) is 0 Å². The van der Waals surface area contributed by atoms with Crippen LogP contribution in [0.25, 0.3) is 4.96 Å². The Labute approximate surface area is 125 Å². The number of nitrogens with two attached hydrogens (primary N) is 1. The third-order valence-corrected chi connectivity index (χ3v) is 4.34. The van der Waals surface area contributed by atoms with E-state index in [1.807, 2.05) is 40.4 Å². The molecule has 3 heterocycles. The minimum absolute atomic E-state index is 0.161. The molecule has 1 atom stereocenters. The van der Waals surface area contributed by atoms with Crippen molar-refractivity contribution < 1.29 is 9.47 Å². The van der Waals surface area contributed by atoms with E-state index in [4.69, 9.17) is 15.2 Å². The van der Waals surface area contributed by atoms with Gasteiger partial charge in [-0.25, -0.2) is 4.98 Å². The fourth-order valence-electron chi connectivity index (χ4n) is 2.60. The summed E-state index contributed by atoms with van der Waals surface area (Å²) in [4.78, 5) is 5.57. The zero-order valence-corrected chi connectivity index (χ0v) is 12.2. The number of hydrogen-bond donors (Lipinski definition) is 1. The summed E-state index contributed by atoms with van der Waals surface area (Å²) in [5, 5.41) is 2.02. The summed E-state index contributed by atoms with van der Waals surface area (Å²) in [6, 6.07) is 5.70. The van der Waals surface area contributed by atoms with Gasteiger partial charge in [0.15, 0.2) is 16.5 Å². The Morgan fingerprint density at radius 3 is 3.14 bits per heavy atom. The Kier molecular flexibility index (Phi) is 3.05. The van der Waals surface area contributed by atoms with Gasteiger partial charge in [-0.1, -0.05) is 12.1 Å². The topological polar surface area (TPSA) is 61.8 Å². The molecule has 0 aliphatic carbocycles. The summed E-state index contributed by atoms with van der Waals surface area (Å²) in [6.45, 7) is 1.15. The van der Waals surface area contributed by atoms with E-state index in [-0.39, 0.29) is 6.04 Å². The number of benzene rings is 1. The Hall–Kier alpha value is -2.05. The van der Waals surface area contributed by atoms with Crippen LogP contribution in [0.2, 0.25) is 0 Å². The summed E-state index contributed by atoms with van der Waals surface area (Å²) in [6.07, 6.45) is 4.70. The number of rotatable bonds is 3. The van der Waals surface area contributed by atoms with Crippen molar-refractivity contribution >= 4 is 16.3 Å². The first-order valence-corrected chi connectivity index (χ1v) is 7.74. The van der Waals surface area contributed by atoms with Gasteiger partial charge in [-0.05, 0) is 6.07 Å². The van der Waals surface area contributed by atoms with Gasteiger partial charge in [-0.15, -0.1) is 11.3 Å². The molecule has 1 aromatic carbocycles. The number of nitrogens with zero attached hydrogens (tertiary/aromatic N) is 2. The van der Waals surface area contributed by atoms with Gasteiger partial charge in [0, 0.05) is 35.8 Å². The van der Waals surface area contributed by atoms with E-state index in [9.17, 15) is 0 Å². The molecular weight excluding hydrogens is 286 g/mol. The van der Waals surface area contributed by atoms with Gasteiger partial charge < -0.3 is 15.2 Å². The van der Waals surface area contributed by atoms with Crippen LogP contribution in [0.4, 0.5) is 0 Å². The van der Waals surface area contributed by atoms with Crippen molar-refractivity contribution in [1.82, 2.24) is 9.38 Å². The zero-order valence-electron chi connectivity index (χ0n) is 11.4. The lowest BCUT2D eigenvalue weighted by Crippen LogP contribution is -2.20. The van der Waals surface area contributed by atoms with Gasteiger partial charge in [-0.3, -0.25) is 4.40 Å². The predicted octanol–water partition coefficient (Wildman–Crippen LogP) is 2.41. The second kappa shape index (κ2) is 5.05. The molecule has 0 saturated heterocycles. The molecule has 2 aromatic heterocycles. The molecule has 0 radical (unpaired) electrons. The molecule has 0 amide bonds. The van der Waals surface area contributed by atoms with Crippen molar-refractivity contribution in [2.24, 2.45) is 5.73 Å². The number of para-hydroxylation sites is 1. The van der Waals surface area contributed by atoms with Crippen molar-refractivity contribution in [2.45, 2.75) is 12.5 Å². The zero-order chi connectivity index (χ0) is 14.2. The van der Waals surface area contributed by atoms with Crippen LogP contribution in [-0.2, 0) is 6.42 Å². The van der Waals surface area contributed by atoms with Gasteiger partial charge in [-0.2, -0.15) is 0 Å². The predicted molar refractivity (Wildman–Crippen MR) is 81.1 cm³/mol. The number of aromatic nitrogens is 2. The van der Waals surface area contributed by atoms with E-state index in [1.54, 1.807) is 11.3 Å². The minimum Gasteiger partial charge on any atom is -0.486 e. The van der Waals surface area contributed by atoms with Gasteiger partial charge in [0.25, 0.3) is 0 Å². The first kappa shape index (κ1) is 12.7. The summed E-state index contributed by atoms with van der Waals surface area (Å²) < 4.78 is 13.4. The van der Waals surface area contributed by atoms with Crippen molar-refractivity contribution in [1.29, 1.82) is 0 Å². The first-order chi connectivity index (χ1) is 10.3. The maximum atomic E-state index is 6.36. The SMILES string of the molecule is NC(Cc1cn2ccsc2n1)c1cccc2c1OCCO2. The van der Waals surface area contributed by atoms with Gasteiger partial charge in [0.2, 0.25) is 0 Å². The summed E-state index contributed by atoms with van der Waals surface area (Å²) in [7, 11) is 0. The van der Waals surface area contributed by atoms with E-state index in [1.165, 1.54) is 0 Å². The maximum absolute atomic E-state index is 6.36. The second-order valence-electron chi connectivity index (χ2n) is 5.01. The maximum Gasteiger partial charge on any atom is 0.193 e. The highest BCUT2D eigenvalue weighted by atomic mass is 32.1. The molecule has 0 bridgehead atoms. The van der Waals surface area contributed by atoms with Crippen molar-refractivity contribution in [3.8, 4) is 11.5 Å². The van der Waals surface area contributed by atoms with Crippen LogP contribution in [0.5, 0.6) is 11.5 Å². The van der Waals surface area contributed by atoms with Crippen molar-refractivity contribution in [3.05, 3.63) is 47.2 Å². The summed E-state index contributed by atoms with van der Waals surface area (Å²) >= 11 is 1.62. The third kappa shape index (κ3) is 2.26. The van der Waals surface area contributed by atoms with E-state index >= 15 is 0 Å². The fourth-order valence-corrected chi connectivity index (χ4v) is 3.32. The second-order valence-corrected chi connectivity index (χ2v) is 5.88. The molecule has 6 heteroatoms. The van der Waals surface area contributed by atoms with Crippen LogP contribution < -0.4 is 15.2 Å². The average molecular weight is 301 g/mol. The molecule has 1 aliphatic rings. The molecule has 4 rings (SSSR count). The molecular formula is C15H15N3O2S. The number of ether oxygens (including phenoxy) is 2. The van der Waals surface area contributed by atoms with Crippen LogP contribution >= 0.6 is 11.3 Å². The monoisotopic (exact) mass is 301 g/mol. The Morgan fingerprint density at radius 1 is 1.33 bits per heavy atom. The molecule has 21 heavy (non-hydrogen) atoms. The van der Waals surface area contributed by atoms with Crippen LogP contribution in [0.15, 0.2) is 36.0 Å². The number of hydrogen-bond acceptors (Lipinski definition) is 5. The number of imidazole rings is 1.